The Bertz CT molecular complexity index is 424. The van der Waals surface area contributed by atoms with Crippen LogP contribution in [0.2, 0.25) is 0 Å². The largest absolute Gasteiger partial charge is 0.385 e. The number of nitrogens with one attached hydrogen (secondary N) is 1. The summed E-state index contributed by atoms with van der Waals surface area (Å²) in [5.74, 6) is 0. The third-order valence-corrected chi connectivity index (χ3v) is 3.20. The Labute approximate surface area is 93.9 Å². The van der Waals surface area contributed by atoms with Crippen molar-refractivity contribution < 1.29 is 4.74 Å². The molecule has 0 atom stereocenters. The van der Waals surface area contributed by atoms with Crippen LogP contribution >= 0.6 is 11.3 Å². The van der Waals surface area contributed by atoms with Crippen molar-refractivity contribution >= 4 is 27.1 Å². The van der Waals surface area contributed by atoms with E-state index in [-0.39, 0.29) is 0 Å². The molecule has 2 nitrogen and oxygen atoms in total. The van der Waals surface area contributed by atoms with Gasteiger partial charge in [-0.05, 0) is 41.5 Å². The second kappa shape index (κ2) is 5.14. The van der Waals surface area contributed by atoms with Crippen LogP contribution in [-0.4, -0.2) is 20.3 Å². The summed E-state index contributed by atoms with van der Waals surface area (Å²) >= 11 is 1.78. The molecule has 0 aliphatic carbocycles. The molecule has 0 saturated carbocycles. The monoisotopic (exact) mass is 221 g/mol. The van der Waals surface area contributed by atoms with Gasteiger partial charge in [0, 0.05) is 30.6 Å². The minimum Gasteiger partial charge on any atom is -0.385 e. The van der Waals surface area contributed by atoms with Crippen LogP contribution < -0.4 is 5.32 Å². The van der Waals surface area contributed by atoms with Crippen LogP contribution in [0.25, 0.3) is 10.1 Å². The average molecular weight is 221 g/mol. The lowest BCUT2D eigenvalue weighted by molar-refractivity contribution is 0.198. The molecular weight excluding hydrogens is 206 g/mol. The zero-order valence-corrected chi connectivity index (χ0v) is 9.64. The van der Waals surface area contributed by atoms with Gasteiger partial charge in [-0.3, -0.25) is 0 Å². The first-order chi connectivity index (χ1) is 7.40. The van der Waals surface area contributed by atoms with Crippen LogP contribution in [0, 0.1) is 0 Å². The molecule has 0 unspecified atom stereocenters. The van der Waals surface area contributed by atoms with Crippen LogP contribution in [0.4, 0.5) is 5.69 Å². The van der Waals surface area contributed by atoms with Crippen LogP contribution in [0.15, 0.2) is 29.6 Å². The van der Waals surface area contributed by atoms with Gasteiger partial charge in [-0.25, -0.2) is 0 Å². The van der Waals surface area contributed by atoms with Gasteiger partial charge in [0.05, 0.1) is 0 Å². The molecule has 1 heterocycles. The number of methoxy groups -OCH3 is 1. The number of benzene rings is 1. The molecule has 1 aromatic heterocycles. The van der Waals surface area contributed by atoms with Gasteiger partial charge >= 0.3 is 0 Å². The standard InChI is InChI=1S/C12H15NOS/c1-14-7-2-6-13-11-3-4-12-10(9-11)5-8-15-12/h3-5,8-9,13H,2,6-7H2,1H3. The van der Waals surface area contributed by atoms with Gasteiger partial charge in [-0.2, -0.15) is 0 Å². The van der Waals surface area contributed by atoms with Gasteiger partial charge in [0.1, 0.15) is 0 Å². The van der Waals surface area contributed by atoms with E-state index in [1.807, 2.05) is 0 Å². The van der Waals surface area contributed by atoms with Crippen molar-refractivity contribution in [3.63, 3.8) is 0 Å². The molecule has 1 aromatic carbocycles. The maximum Gasteiger partial charge on any atom is 0.0479 e. The summed E-state index contributed by atoms with van der Waals surface area (Å²) in [7, 11) is 1.73. The van der Waals surface area contributed by atoms with Crippen molar-refractivity contribution in [3.8, 4) is 0 Å². The van der Waals surface area contributed by atoms with E-state index < -0.39 is 0 Å². The fourth-order valence-corrected chi connectivity index (χ4v) is 2.30. The van der Waals surface area contributed by atoms with E-state index in [4.69, 9.17) is 4.74 Å². The van der Waals surface area contributed by atoms with E-state index in [1.54, 1.807) is 18.4 Å². The summed E-state index contributed by atoms with van der Waals surface area (Å²) in [4.78, 5) is 0. The number of hydrogen-bond donors (Lipinski definition) is 1. The second-order valence-corrected chi connectivity index (χ2v) is 4.39. The maximum absolute atomic E-state index is 5.00. The highest BCUT2D eigenvalue weighted by molar-refractivity contribution is 7.17. The van der Waals surface area contributed by atoms with Gasteiger partial charge in [0.15, 0.2) is 0 Å². The van der Waals surface area contributed by atoms with Gasteiger partial charge in [0.25, 0.3) is 0 Å². The van der Waals surface area contributed by atoms with Crippen LogP contribution in [-0.2, 0) is 4.74 Å². The molecule has 2 aromatic rings. The molecule has 0 radical (unpaired) electrons. The molecule has 15 heavy (non-hydrogen) atoms. The quantitative estimate of drug-likeness (QED) is 0.782. The van der Waals surface area contributed by atoms with E-state index in [0.717, 1.165) is 19.6 Å². The zero-order valence-electron chi connectivity index (χ0n) is 8.82. The van der Waals surface area contributed by atoms with E-state index in [9.17, 15) is 0 Å². The van der Waals surface area contributed by atoms with Gasteiger partial charge in [-0.1, -0.05) is 0 Å². The molecule has 0 aliphatic rings. The number of hydrogen-bond acceptors (Lipinski definition) is 3. The molecule has 80 valence electrons. The molecule has 1 N–H and O–H groups in total. The van der Waals surface area contributed by atoms with Crippen molar-refractivity contribution in [1.82, 2.24) is 0 Å². The average Bonchev–Trinajstić information content (AvgIpc) is 2.71. The number of rotatable bonds is 5. The lowest BCUT2D eigenvalue weighted by Gasteiger charge is -2.05. The predicted octanol–water partition coefficient (Wildman–Crippen LogP) is 3.35. The number of ether oxygens (including phenoxy) is 1. The van der Waals surface area contributed by atoms with E-state index in [1.165, 1.54) is 15.8 Å². The van der Waals surface area contributed by atoms with E-state index in [2.05, 4.69) is 35.0 Å². The highest BCUT2D eigenvalue weighted by Crippen LogP contribution is 2.23. The van der Waals surface area contributed by atoms with Crippen molar-refractivity contribution in [3.05, 3.63) is 29.6 Å². The smallest absolute Gasteiger partial charge is 0.0479 e. The van der Waals surface area contributed by atoms with E-state index in [0.29, 0.717) is 0 Å². The summed E-state index contributed by atoms with van der Waals surface area (Å²) in [5.41, 5.74) is 1.19. The fraction of sp³-hybridized carbons (Fsp3) is 0.333. The first kappa shape index (κ1) is 10.5. The Kier molecular flexibility index (Phi) is 3.59. The number of anilines is 1. The molecule has 0 aliphatic heterocycles. The third-order valence-electron chi connectivity index (χ3n) is 2.31. The maximum atomic E-state index is 5.00. The SMILES string of the molecule is COCCCNc1ccc2sccc2c1. The number of fused-ring (bicyclic) bond motifs is 1. The second-order valence-electron chi connectivity index (χ2n) is 3.45. The Morgan fingerprint density at radius 3 is 3.13 bits per heavy atom. The van der Waals surface area contributed by atoms with Crippen LogP contribution in [0.1, 0.15) is 6.42 Å². The highest BCUT2D eigenvalue weighted by atomic mass is 32.1. The minimum absolute atomic E-state index is 0.813. The summed E-state index contributed by atoms with van der Waals surface area (Å²) in [5, 5.41) is 6.83. The highest BCUT2D eigenvalue weighted by Gasteiger charge is 1.96. The Hall–Kier alpha value is -1.06. The van der Waals surface area contributed by atoms with Crippen molar-refractivity contribution in [1.29, 1.82) is 0 Å². The summed E-state index contributed by atoms with van der Waals surface area (Å²) < 4.78 is 6.34. The lowest BCUT2D eigenvalue weighted by atomic mass is 10.2. The first-order valence-corrected chi connectivity index (χ1v) is 5.98. The summed E-state index contributed by atoms with van der Waals surface area (Å²) in [6.45, 7) is 1.77. The van der Waals surface area contributed by atoms with Gasteiger partial charge < -0.3 is 10.1 Å². The zero-order chi connectivity index (χ0) is 10.5. The molecular formula is C12H15NOS. The van der Waals surface area contributed by atoms with Crippen molar-refractivity contribution in [2.45, 2.75) is 6.42 Å². The predicted molar refractivity (Wildman–Crippen MR) is 66.8 cm³/mol. The molecule has 0 spiro atoms. The summed E-state index contributed by atoms with van der Waals surface area (Å²) in [6, 6.07) is 8.64. The van der Waals surface area contributed by atoms with Gasteiger partial charge in [-0.15, -0.1) is 11.3 Å². The Morgan fingerprint density at radius 1 is 1.33 bits per heavy atom. The number of thiophene rings is 1. The van der Waals surface area contributed by atoms with Crippen molar-refractivity contribution in [2.75, 3.05) is 25.6 Å². The molecule has 0 amide bonds. The fourth-order valence-electron chi connectivity index (χ4n) is 1.53. The van der Waals surface area contributed by atoms with Gasteiger partial charge in [0.2, 0.25) is 0 Å². The first-order valence-electron chi connectivity index (χ1n) is 5.10. The Morgan fingerprint density at radius 2 is 2.27 bits per heavy atom. The third kappa shape index (κ3) is 2.70. The summed E-state index contributed by atoms with van der Waals surface area (Å²) in [6.07, 6.45) is 1.04. The lowest BCUT2D eigenvalue weighted by Crippen LogP contribution is -2.04. The van der Waals surface area contributed by atoms with E-state index >= 15 is 0 Å². The molecule has 2 rings (SSSR count). The Balaban J connectivity index is 1.96. The normalized spacial score (nSPS) is 10.7. The molecule has 0 fully saturated rings. The van der Waals surface area contributed by atoms with Crippen LogP contribution in [0.5, 0.6) is 0 Å². The molecule has 0 saturated heterocycles. The molecule has 0 bridgehead atoms. The van der Waals surface area contributed by atoms with Crippen LogP contribution in [0.3, 0.4) is 0 Å². The van der Waals surface area contributed by atoms with Crippen molar-refractivity contribution in [2.24, 2.45) is 0 Å². The minimum atomic E-state index is 0.813. The molecule has 3 heteroatoms. The topological polar surface area (TPSA) is 21.3 Å².